The van der Waals surface area contributed by atoms with Gasteiger partial charge in [-0.25, -0.2) is 4.98 Å². The molecule has 0 spiro atoms. The van der Waals surface area contributed by atoms with Crippen LogP contribution in [-0.2, 0) is 0 Å². The molecule has 0 aromatic carbocycles. The Labute approximate surface area is 97.8 Å². The zero-order chi connectivity index (χ0) is 10.4. The molecule has 2 nitrogen and oxygen atoms in total. The van der Waals surface area contributed by atoms with Crippen LogP contribution in [-0.4, -0.2) is 16.8 Å². The smallest absolute Gasteiger partial charge is 0.110 e. The van der Waals surface area contributed by atoms with Gasteiger partial charge in [-0.05, 0) is 53.6 Å². The number of nitrogens with two attached hydrogens (primary N) is 1. The summed E-state index contributed by atoms with van der Waals surface area (Å²) in [5, 5.41) is 1.07. The molecule has 0 saturated heterocycles. The van der Waals surface area contributed by atoms with Crippen molar-refractivity contribution in [2.24, 2.45) is 5.73 Å². The molecule has 1 aromatic rings. The molecular formula is C10H15BrN2S. The van der Waals surface area contributed by atoms with E-state index in [0.717, 1.165) is 28.1 Å². The Kier molecular flexibility index (Phi) is 5.52. The third kappa shape index (κ3) is 4.44. The van der Waals surface area contributed by atoms with Crippen molar-refractivity contribution in [1.29, 1.82) is 0 Å². The van der Waals surface area contributed by atoms with Gasteiger partial charge in [0.2, 0.25) is 0 Å². The molecule has 1 heterocycles. The van der Waals surface area contributed by atoms with Gasteiger partial charge in [0.25, 0.3) is 0 Å². The maximum Gasteiger partial charge on any atom is 0.110 e. The van der Waals surface area contributed by atoms with Crippen molar-refractivity contribution in [3.8, 4) is 0 Å². The SMILES string of the molecule is CC(N)CCCSc1ncccc1Br. The molecule has 78 valence electrons. The van der Waals surface area contributed by atoms with Gasteiger partial charge in [-0.2, -0.15) is 0 Å². The average Bonchev–Trinajstić information content (AvgIpc) is 2.15. The Morgan fingerprint density at radius 1 is 1.64 bits per heavy atom. The topological polar surface area (TPSA) is 38.9 Å². The number of pyridine rings is 1. The summed E-state index contributed by atoms with van der Waals surface area (Å²) in [5.74, 6) is 1.08. The summed E-state index contributed by atoms with van der Waals surface area (Å²) in [6.07, 6.45) is 4.04. The molecule has 1 rings (SSSR count). The summed E-state index contributed by atoms with van der Waals surface area (Å²) < 4.78 is 1.07. The molecule has 0 saturated carbocycles. The van der Waals surface area contributed by atoms with E-state index < -0.39 is 0 Å². The van der Waals surface area contributed by atoms with Gasteiger partial charge in [0.15, 0.2) is 0 Å². The van der Waals surface area contributed by atoms with Crippen LogP contribution < -0.4 is 5.73 Å². The Morgan fingerprint density at radius 2 is 2.43 bits per heavy atom. The monoisotopic (exact) mass is 274 g/mol. The zero-order valence-electron chi connectivity index (χ0n) is 8.24. The van der Waals surface area contributed by atoms with Gasteiger partial charge in [0.05, 0.1) is 0 Å². The molecule has 4 heteroatoms. The number of aromatic nitrogens is 1. The van der Waals surface area contributed by atoms with Crippen LogP contribution in [0.5, 0.6) is 0 Å². The highest BCUT2D eigenvalue weighted by Crippen LogP contribution is 2.25. The van der Waals surface area contributed by atoms with Crippen LogP contribution in [0.1, 0.15) is 19.8 Å². The highest BCUT2D eigenvalue weighted by atomic mass is 79.9. The van der Waals surface area contributed by atoms with Gasteiger partial charge < -0.3 is 5.73 Å². The first kappa shape index (κ1) is 12.0. The van der Waals surface area contributed by atoms with Crippen molar-refractivity contribution in [1.82, 2.24) is 4.98 Å². The molecule has 0 fully saturated rings. The first-order chi connectivity index (χ1) is 6.70. The fourth-order valence-corrected chi connectivity index (χ4v) is 2.50. The Balaban J connectivity index is 2.28. The van der Waals surface area contributed by atoms with Crippen LogP contribution >= 0.6 is 27.7 Å². The van der Waals surface area contributed by atoms with Gasteiger partial charge in [-0.3, -0.25) is 0 Å². The number of hydrogen-bond acceptors (Lipinski definition) is 3. The van der Waals surface area contributed by atoms with E-state index in [1.54, 1.807) is 11.8 Å². The number of hydrogen-bond donors (Lipinski definition) is 1. The van der Waals surface area contributed by atoms with Crippen LogP contribution in [0.2, 0.25) is 0 Å². The molecule has 1 aromatic heterocycles. The average molecular weight is 275 g/mol. The molecule has 1 unspecified atom stereocenters. The van der Waals surface area contributed by atoms with Crippen LogP contribution in [0, 0.1) is 0 Å². The van der Waals surface area contributed by atoms with E-state index in [4.69, 9.17) is 5.73 Å². The quantitative estimate of drug-likeness (QED) is 0.663. The second-order valence-corrected chi connectivity index (χ2v) is 5.20. The van der Waals surface area contributed by atoms with E-state index in [0.29, 0.717) is 6.04 Å². The van der Waals surface area contributed by atoms with Crippen molar-refractivity contribution in [3.63, 3.8) is 0 Å². The summed E-state index contributed by atoms with van der Waals surface area (Å²) in [6.45, 7) is 2.04. The minimum Gasteiger partial charge on any atom is -0.328 e. The highest BCUT2D eigenvalue weighted by molar-refractivity contribution is 9.10. The molecule has 14 heavy (non-hydrogen) atoms. The maximum absolute atomic E-state index is 5.67. The van der Waals surface area contributed by atoms with Crippen LogP contribution in [0.25, 0.3) is 0 Å². The van der Waals surface area contributed by atoms with Gasteiger partial charge in [0, 0.05) is 16.7 Å². The fourth-order valence-electron chi connectivity index (χ4n) is 1.05. The summed E-state index contributed by atoms with van der Waals surface area (Å²) in [7, 11) is 0. The lowest BCUT2D eigenvalue weighted by Gasteiger charge is -2.04. The van der Waals surface area contributed by atoms with E-state index in [-0.39, 0.29) is 0 Å². The van der Waals surface area contributed by atoms with Gasteiger partial charge in [-0.15, -0.1) is 11.8 Å². The molecule has 0 aliphatic heterocycles. The lowest BCUT2D eigenvalue weighted by atomic mass is 10.2. The molecule has 2 N–H and O–H groups in total. The molecule has 0 amide bonds. The Morgan fingerprint density at radius 3 is 3.07 bits per heavy atom. The van der Waals surface area contributed by atoms with Gasteiger partial charge >= 0.3 is 0 Å². The van der Waals surface area contributed by atoms with Crippen molar-refractivity contribution in [2.45, 2.75) is 30.8 Å². The summed E-state index contributed by atoms with van der Waals surface area (Å²) >= 11 is 5.24. The molecule has 0 bridgehead atoms. The van der Waals surface area contributed by atoms with Crippen LogP contribution in [0.4, 0.5) is 0 Å². The van der Waals surface area contributed by atoms with Crippen molar-refractivity contribution in [3.05, 3.63) is 22.8 Å². The van der Waals surface area contributed by atoms with E-state index in [2.05, 4.69) is 20.9 Å². The van der Waals surface area contributed by atoms with Crippen LogP contribution in [0.15, 0.2) is 27.8 Å². The Bertz CT molecular complexity index is 279. The summed E-state index contributed by atoms with van der Waals surface area (Å²) in [6, 6.07) is 4.25. The normalized spacial score (nSPS) is 12.8. The molecule has 0 radical (unpaired) electrons. The summed E-state index contributed by atoms with van der Waals surface area (Å²) in [4.78, 5) is 4.28. The fraction of sp³-hybridized carbons (Fsp3) is 0.500. The van der Waals surface area contributed by atoms with Gasteiger partial charge in [-0.1, -0.05) is 0 Å². The minimum absolute atomic E-state index is 0.308. The van der Waals surface area contributed by atoms with Crippen LogP contribution in [0.3, 0.4) is 0 Å². The number of thioether (sulfide) groups is 1. The lowest BCUT2D eigenvalue weighted by molar-refractivity contribution is 0.656. The number of nitrogens with zero attached hydrogens (tertiary/aromatic N) is 1. The second-order valence-electron chi connectivity index (χ2n) is 3.26. The van der Waals surface area contributed by atoms with E-state index in [1.165, 1.54) is 0 Å². The third-order valence-corrected chi connectivity index (χ3v) is 3.76. The molecule has 0 aliphatic rings. The largest absolute Gasteiger partial charge is 0.328 e. The lowest BCUT2D eigenvalue weighted by Crippen LogP contribution is -2.14. The maximum atomic E-state index is 5.67. The highest BCUT2D eigenvalue weighted by Gasteiger charge is 2.01. The zero-order valence-corrected chi connectivity index (χ0v) is 10.6. The minimum atomic E-state index is 0.308. The first-order valence-corrected chi connectivity index (χ1v) is 6.47. The Hall–Kier alpha value is -0.0600. The number of halogens is 1. The summed E-state index contributed by atoms with van der Waals surface area (Å²) in [5.41, 5.74) is 5.67. The third-order valence-electron chi connectivity index (χ3n) is 1.77. The standard InChI is InChI=1S/C10H15BrN2S/c1-8(12)4-3-7-14-10-9(11)5-2-6-13-10/h2,5-6,8H,3-4,7,12H2,1H3. The van der Waals surface area contributed by atoms with E-state index in [9.17, 15) is 0 Å². The molecule has 0 aliphatic carbocycles. The predicted molar refractivity (Wildman–Crippen MR) is 65.5 cm³/mol. The second kappa shape index (κ2) is 6.43. The van der Waals surface area contributed by atoms with E-state index in [1.807, 2.05) is 25.3 Å². The van der Waals surface area contributed by atoms with Crippen molar-refractivity contribution < 1.29 is 0 Å². The van der Waals surface area contributed by atoms with Gasteiger partial charge in [0.1, 0.15) is 5.03 Å². The predicted octanol–water partition coefficient (Wildman–Crippen LogP) is 3.06. The number of rotatable bonds is 5. The van der Waals surface area contributed by atoms with E-state index >= 15 is 0 Å². The molecule has 1 atom stereocenters. The van der Waals surface area contributed by atoms with Crippen molar-refractivity contribution >= 4 is 27.7 Å². The van der Waals surface area contributed by atoms with Crippen molar-refractivity contribution in [2.75, 3.05) is 5.75 Å². The first-order valence-electron chi connectivity index (χ1n) is 4.69. The molecular weight excluding hydrogens is 260 g/mol.